The molecule has 0 spiro atoms. The smallest absolute Gasteiger partial charge is 0.172 e. The largest absolute Gasteiger partial charge is 0.372 e. The number of halogens is 1. The van der Waals surface area contributed by atoms with E-state index in [4.69, 9.17) is 0 Å². The van der Waals surface area contributed by atoms with Gasteiger partial charge in [0.25, 0.3) is 0 Å². The molecule has 5 heteroatoms. The van der Waals surface area contributed by atoms with Gasteiger partial charge in [0.15, 0.2) is 5.82 Å². The maximum Gasteiger partial charge on any atom is 0.172 e. The first-order valence-corrected chi connectivity index (χ1v) is 7.41. The van der Waals surface area contributed by atoms with Crippen molar-refractivity contribution in [3.05, 3.63) is 26.3 Å². The molecule has 2 heterocycles. The Hall–Kier alpha value is -0.690. The Bertz CT molecular complexity index is 511. The van der Waals surface area contributed by atoms with Crippen molar-refractivity contribution in [3.8, 4) is 10.7 Å². The summed E-state index contributed by atoms with van der Waals surface area (Å²) >= 11 is 3.99. The minimum absolute atomic E-state index is 0.833. The molecule has 1 N–H and O–H groups in total. The Labute approximate surface area is 119 Å². The lowest BCUT2D eigenvalue weighted by molar-refractivity contribution is 0.991. The summed E-state index contributed by atoms with van der Waals surface area (Å²) in [6.07, 6.45) is 0.924. The van der Waals surface area contributed by atoms with Gasteiger partial charge < -0.3 is 5.32 Å². The molecule has 3 nitrogen and oxygen atoms in total. The highest BCUT2D eigenvalue weighted by atomic mass is 127. The molecule has 2 aromatic rings. The second-order valence-electron chi connectivity index (χ2n) is 3.69. The number of anilines is 1. The number of rotatable bonds is 3. The fourth-order valence-electron chi connectivity index (χ4n) is 1.60. The van der Waals surface area contributed by atoms with Crippen molar-refractivity contribution >= 4 is 39.7 Å². The van der Waals surface area contributed by atoms with Gasteiger partial charge in [-0.1, -0.05) is 6.92 Å². The van der Waals surface area contributed by atoms with Crippen molar-refractivity contribution in [2.75, 3.05) is 12.4 Å². The van der Waals surface area contributed by atoms with Crippen molar-refractivity contribution < 1.29 is 0 Å². The van der Waals surface area contributed by atoms with Crippen LogP contribution < -0.4 is 5.32 Å². The highest BCUT2D eigenvalue weighted by molar-refractivity contribution is 14.1. The Morgan fingerprint density at radius 3 is 2.71 bits per heavy atom. The number of aryl methyl sites for hydroxylation is 2. The van der Waals surface area contributed by atoms with Gasteiger partial charge in [-0.3, -0.25) is 0 Å². The van der Waals surface area contributed by atoms with Crippen LogP contribution in [-0.2, 0) is 6.42 Å². The maximum atomic E-state index is 4.65. The highest BCUT2D eigenvalue weighted by Gasteiger charge is 2.13. The minimum Gasteiger partial charge on any atom is -0.372 e. The van der Waals surface area contributed by atoms with Crippen LogP contribution in [0.3, 0.4) is 0 Å². The number of nitrogens with one attached hydrogen (secondary N) is 1. The van der Waals surface area contributed by atoms with Crippen molar-refractivity contribution in [2.45, 2.75) is 20.3 Å². The summed E-state index contributed by atoms with van der Waals surface area (Å²) in [6.45, 7) is 4.22. The van der Waals surface area contributed by atoms with E-state index in [0.717, 1.165) is 32.2 Å². The van der Waals surface area contributed by atoms with E-state index in [9.17, 15) is 0 Å². The molecule has 90 valence electrons. The van der Waals surface area contributed by atoms with E-state index in [-0.39, 0.29) is 0 Å². The van der Waals surface area contributed by atoms with Crippen LogP contribution in [0.1, 0.15) is 18.2 Å². The van der Waals surface area contributed by atoms with Gasteiger partial charge >= 0.3 is 0 Å². The standard InChI is InChI=1S/C12H14IN3S/c1-4-8-9(13)11(14-3)16-12(15-8)10-7(2)5-6-17-10/h5-6H,4H2,1-3H3,(H,14,15,16). The summed E-state index contributed by atoms with van der Waals surface area (Å²) in [7, 11) is 1.90. The second-order valence-corrected chi connectivity index (χ2v) is 5.69. The second kappa shape index (κ2) is 5.30. The van der Waals surface area contributed by atoms with Crippen LogP contribution in [-0.4, -0.2) is 17.0 Å². The Balaban J connectivity index is 2.60. The fourth-order valence-corrected chi connectivity index (χ4v) is 3.35. The van der Waals surface area contributed by atoms with E-state index in [1.165, 1.54) is 5.56 Å². The van der Waals surface area contributed by atoms with Crippen LogP contribution in [0, 0.1) is 10.5 Å². The van der Waals surface area contributed by atoms with Gasteiger partial charge in [0, 0.05) is 7.05 Å². The summed E-state index contributed by atoms with van der Waals surface area (Å²) in [5.41, 5.74) is 2.34. The number of hydrogen-bond acceptors (Lipinski definition) is 4. The molecule has 2 aromatic heterocycles. The van der Waals surface area contributed by atoms with Crippen LogP contribution >= 0.6 is 33.9 Å². The quantitative estimate of drug-likeness (QED) is 0.849. The first-order chi connectivity index (χ1) is 8.17. The molecular weight excluding hydrogens is 345 g/mol. The molecule has 0 saturated heterocycles. The zero-order chi connectivity index (χ0) is 12.4. The molecule has 0 aliphatic carbocycles. The molecule has 0 bridgehead atoms. The molecule has 0 aromatic carbocycles. The molecule has 0 fully saturated rings. The number of thiophene rings is 1. The van der Waals surface area contributed by atoms with E-state index >= 15 is 0 Å². The monoisotopic (exact) mass is 359 g/mol. The van der Waals surface area contributed by atoms with Crippen LogP contribution in [0.15, 0.2) is 11.4 Å². The molecule has 0 aliphatic rings. The average Bonchev–Trinajstić information content (AvgIpc) is 2.76. The average molecular weight is 359 g/mol. The third-order valence-electron chi connectivity index (χ3n) is 2.56. The van der Waals surface area contributed by atoms with Gasteiger partial charge in [-0.2, -0.15) is 0 Å². The lowest BCUT2D eigenvalue weighted by atomic mass is 10.2. The number of aromatic nitrogens is 2. The molecule has 0 radical (unpaired) electrons. The zero-order valence-electron chi connectivity index (χ0n) is 10.0. The van der Waals surface area contributed by atoms with E-state index in [0.29, 0.717) is 0 Å². The van der Waals surface area contributed by atoms with Crippen LogP contribution in [0.25, 0.3) is 10.7 Å². The molecular formula is C12H14IN3S. The Morgan fingerprint density at radius 1 is 1.41 bits per heavy atom. The third kappa shape index (κ3) is 2.44. The maximum absolute atomic E-state index is 4.65. The third-order valence-corrected chi connectivity index (χ3v) is 4.70. The summed E-state index contributed by atoms with van der Waals surface area (Å²) in [4.78, 5) is 10.4. The van der Waals surface area contributed by atoms with Gasteiger partial charge in [0.05, 0.1) is 14.1 Å². The normalized spacial score (nSPS) is 10.6. The van der Waals surface area contributed by atoms with E-state index in [1.807, 2.05) is 7.05 Å². The molecule has 0 unspecified atom stereocenters. The van der Waals surface area contributed by atoms with Crippen LogP contribution in [0.4, 0.5) is 5.82 Å². The number of hydrogen-bond donors (Lipinski definition) is 1. The molecule has 0 amide bonds. The topological polar surface area (TPSA) is 37.8 Å². The summed E-state index contributed by atoms with van der Waals surface area (Å²) < 4.78 is 1.12. The summed E-state index contributed by atoms with van der Waals surface area (Å²) in [6, 6.07) is 2.10. The first kappa shape index (κ1) is 12.8. The van der Waals surface area contributed by atoms with Crippen molar-refractivity contribution in [3.63, 3.8) is 0 Å². The predicted molar refractivity (Wildman–Crippen MR) is 81.7 cm³/mol. The number of nitrogens with zero attached hydrogens (tertiary/aromatic N) is 2. The van der Waals surface area contributed by atoms with E-state index < -0.39 is 0 Å². The molecule has 17 heavy (non-hydrogen) atoms. The predicted octanol–water partition coefficient (Wildman–Crippen LogP) is 3.72. The van der Waals surface area contributed by atoms with Crippen LogP contribution in [0.5, 0.6) is 0 Å². The van der Waals surface area contributed by atoms with Gasteiger partial charge in [-0.15, -0.1) is 11.3 Å². The van der Waals surface area contributed by atoms with E-state index in [2.05, 4.69) is 63.2 Å². The van der Waals surface area contributed by atoms with Gasteiger partial charge in [0.2, 0.25) is 0 Å². The van der Waals surface area contributed by atoms with Gasteiger partial charge in [0.1, 0.15) is 5.82 Å². The minimum atomic E-state index is 0.833. The van der Waals surface area contributed by atoms with Crippen molar-refractivity contribution in [1.29, 1.82) is 0 Å². The fraction of sp³-hybridized carbons (Fsp3) is 0.333. The SMILES string of the molecule is CCc1nc(-c2sccc2C)nc(NC)c1I. The Kier molecular flexibility index (Phi) is 3.98. The van der Waals surface area contributed by atoms with E-state index in [1.54, 1.807) is 11.3 Å². The van der Waals surface area contributed by atoms with Gasteiger partial charge in [-0.05, 0) is 52.9 Å². The summed E-state index contributed by atoms with van der Waals surface area (Å²) in [5, 5.41) is 5.22. The molecule has 0 atom stereocenters. The molecule has 2 rings (SSSR count). The Morgan fingerprint density at radius 2 is 2.18 bits per heavy atom. The molecule has 0 saturated carbocycles. The first-order valence-electron chi connectivity index (χ1n) is 5.46. The zero-order valence-corrected chi connectivity index (χ0v) is 13.0. The van der Waals surface area contributed by atoms with Crippen LogP contribution in [0.2, 0.25) is 0 Å². The lowest BCUT2D eigenvalue weighted by Gasteiger charge is -2.09. The molecule has 0 aliphatic heterocycles. The highest BCUT2D eigenvalue weighted by Crippen LogP contribution is 2.29. The van der Waals surface area contributed by atoms with Crippen molar-refractivity contribution in [1.82, 2.24) is 9.97 Å². The van der Waals surface area contributed by atoms with Crippen molar-refractivity contribution in [2.24, 2.45) is 0 Å². The lowest BCUT2D eigenvalue weighted by Crippen LogP contribution is -2.04. The van der Waals surface area contributed by atoms with Gasteiger partial charge in [-0.25, -0.2) is 9.97 Å². The summed E-state index contributed by atoms with van der Waals surface area (Å²) in [5.74, 6) is 1.75.